The Hall–Kier alpha value is -5.17. The smallest absolute Gasteiger partial charge is 0.328 e. The Bertz CT molecular complexity index is 1450. The molecule has 0 aliphatic rings. The van der Waals surface area contributed by atoms with Crippen LogP contribution in [-0.2, 0) is 27.3 Å². The maximum atomic E-state index is 12.8. The molecule has 0 aromatic heterocycles. The number of carbonyl (C=O) groups excluding carboxylic acids is 3. The number of carbonyl (C=O) groups is 3. The largest absolute Gasteiger partial charge is 0.467 e. The zero-order valence-electron chi connectivity index (χ0n) is 22.1. The molecule has 4 rings (SSSR count). The number of methoxy groups -OCH3 is 1. The highest BCUT2D eigenvalue weighted by molar-refractivity contribution is 5.97. The van der Waals surface area contributed by atoms with Gasteiger partial charge in [-0.3, -0.25) is 9.59 Å². The summed E-state index contributed by atoms with van der Waals surface area (Å²) in [5.74, 6) is 0.262. The van der Waals surface area contributed by atoms with Crippen molar-refractivity contribution in [3.63, 3.8) is 0 Å². The molecule has 2 amide bonds. The Morgan fingerprint density at radius 3 is 2.15 bits per heavy atom. The van der Waals surface area contributed by atoms with Crippen molar-refractivity contribution in [2.24, 2.45) is 0 Å². The molecule has 0 heterocycles. The summed E-state index contributed by atoms with van der Waals surface area (Å²) in [4.78, 5) is 37.4. The Kier molecular flexibility index (Phi) is 9.83. The van der Waals surface area contributed by atoms with Crippen molar-refractivity contribution in [2.75, 3.05) is 7.11 Å². The van der Waals surface area contributed by atoms with Crippen molar-refractivity contribution in [1.82, 2.24) is 10.6 Å². The Morgan fingerprint density at radius 1 is 0.775 bits per heavy atom. The molecule has 0 saturated carbocycles. The summed E-state index contributed by atoms with van der Waals surface area (Å²) >= 11 is 0. The number of hydrogen-bond donors (Lipinski definition) is 2. The summed E-state index contributed by atoms with van der Waals surface area (Å²) < 4.78 is 10.7. The molecule has 0 radical (unpaired) electrons. The summed E-state index contributed by atoms with van der Waals surface area (Å²) in [6.45, 7) is 0.293. The fraction of sp³-hybridized carbons (Fsp3) is 0.121. The molecule has 0 unspecified atom stereocenters. The monoisotopic (exact) mass is 534 g/mol. The normalized spacial score (nSPS) is 11.4. The Balaban J connectivity index is 1.28. The van der Waals surface area contributed by atoms with E-state index in [0.29, 0.717) is 24.3 Å². The van der Waals surface area contributed by atoms with Crippen molar-refractivity contribution >= 4 is 23.9 Å². The molecule has 0 aliphatic carbocycles. The summed E-state index contributed by atoms with van der Waals surface area (Å²) in [5.41, 5.74) is 2.96. The topological polar surface area (TPSA) is 93.7 Å². The zero-order chi connectivity index (χ0) is 28.2. The molecule has 202 valence electrons. The third kappa shape index (κ3) is 8.43. The fourth-order valence-corrected chi connectivity index (χ4v) is 3.93. The molecule has 0 fully saturated rings. The number of rotatable bonds is 11. The lowest BCUT2D eigenvalue weighted by Crippen LogP contribution is -2.43. The van der Waals surface area contributed by atoms with Crippen LogP contribution in [0.2, 0.25) is 0 Å². The minimum absolute atomic E-state index is 0.252. The second-order valence-corrected chi connectivity index (χ2v) is 8.97. The number of benzene rings is 4. The van der Waals surface area contributed by atoms with E-state index in [-0.39, 0.29) is 11.8 Å². The molecule has 4 aromatic carbocycles. The van der Waals surface area contributed by atoms with Crippen LogP contribution in [0.25, 0.3) is 6.08 Å². The highest BCUT2D eigenvalue weighted by Gasteiger charge is 2.22. The van der Waals surface area contributed by atoms with Gasteiger partial charge in [-0.25, -0.2) is 4.79 Å². The van der Waals surface area contributed by atoms with Crippen LogP contribution in [0.5, 0.6) is 11.5 Å². The molecule has 0 saturated heterocycles. The lowest BCUT2D eigenvalue weighted by Gasteiger charge is -2.17. The first-order valence-corrected chi connectivity index (χ1v) is 12.8. The number of para-hydroxylation sites is 1. The number of ether oxygens (including phenoxy) is 2. The van der Waals surface area contributed by atoms with Crippen LogP contribution >= 0.6 is 0 Å². The highest BCUT2D eigenvalue weighted by atomic mass is 16.5. The van der Waals surface area contributed by atoms with Gasteiger partial charge in [0, 0.05) is 24.6 Å². The molecular weight excluding hydrogens is 504 g/mol. The van der Waals surface area contributed by atoms with Gasteiger partial charge in [-0.1, -0.05) is 72.8 Å². The van der Waals surface area contributed by atoms with Crippen molar-refractivity contribution < 1.29 is 23.9 Å². The molecule has 40 heavy (non-hydrogen) atoms. The summed E-state index contributed by atoms with van der Waals surface area (Å²) in [6, 6.07) is 32.4. The summed E-state index contributed by atoms with van der Waals surface area (Å²) in [7, 11) is 1.29. The van der Waals surface area contributed by atoms with Crippen molar-refractivity contribution in [3.05, 3.63) is 138 Å². The molecule has 0 bridgehead atoms. The van der Waals surface area contributed by atoms with Crippen LogP contribution in [0.15, 0.2) is 115 Å². The Morgan fingerprint density at radius 2 is 1.45 bits per heavy atom. The average molecular weight is 535 g/mol. The van der Waals surface area contributed by atoms with E-state index in [4.69, 9.17) is 9.47 Å². The fourth-order valence-electron chi connectivity index (χ4n) is 3.93. The summed E-state index contributed by atoms with van der Waals surface area (Å²) in [5, 5.41) is 5.59. The molecule has 7 nitrogen and oxygen atoms in total. The number of amides is 2. The van der Waals surface area contributed by atoms with Gasteiger partial charge in [0.25, 0.3) is 5.91 Å². The van der Waals surface area contributed by atoms with E-state index in [1.54, 1.807) is 30.3 Å². The predicted octanol–water partition coefficient (Wildman–Crippen LogP) is 5.32. The number of esters is 1. The van der Waals surface area contributed by atoms with E-state index in [9.17, 15) is 14.4 Å². The van der Waals surface area contributed by atoms with Crippen LogP contribution in [0.4, 0.5) is 0 Å². The van der Waals surface area contributed by atoms with Gasteiger partial charge in [0.2, 0.25) is 5.91 Å². The maximum Gasteiger partial charge on any atom is 0.328 e. The first kappa shape index (κ1) is 27.9. The van der Waals surface area contributed by atoms with Crippen LogP contribution in [0.3, 0.4) is 0 Å². The lowest BCUT2D eigenvalue weighted by atomic mass is 10.0. The first-order chi connectivity index (χ1) is 19.5. The molecule has 0 spiro atoms. The van der Waals surface area contributed by atoms with Gasteiger partial charge in [-0.15, -0.1) is 0 Å². The maximum absolute atomic E-state index is 12.8. The van der Waals surface area contributed by atoms with Crippen LogP contribution in [-0.4, -0.2) is 30.9 Å². The second kappa shape index (κ2) is 14.1. The highest BCUT2D eigenvalue weighted by Crippen LogP contribution is 2.22. The quantitative estimate of drug-likeness (QED) is 0.201. The van der Waals surface area contributed by atoms with Crippen LogP contribution in [0.1, 0.15) is 27.0 Å². The third-order valence-corrected chi connectivity index (χ3v) is 6.02. The molecule has 7 heteroatoms. The van der Waals surface area contributed by atoms with Gasteiger partial charge >= 0.3 is 5.97 Å². The van der Waals surface area contributed by atoms with Gasteiger partial charge in [0.1, 0.15) is 17.5 Å². The van der Waals surface area contributed by atoms with E-state index in [1.807, 2.05) is 84.9 Å². The van der Waals surface area contributed by atoms with Gasteiger partial charge < -0.3 is 20.1 Å². The van der Waals surface area contributed by atoms with Gasteiger partial charge in [0.05, 0.1) is 7.11 Å². The SMILES string of the molecule is COC(=O)[C@H](Cc1ccccc1)NC(=O)c1ccc(CNC(=O)/C=C/c2cccc(Oc3ccccc3)c2)cc1. The molecule has 1 atom stereocenters. The average Bonchev–Trinajstić information content (AvgIpc) is 2.99. The molecule has 0 aliphatic heterocycles. The van der Waals surface area contributed by atoms with E-state index in [0.717, 1.165) is 22.4 Å². The number of hydrogen-bond acceptors (Lipinski definition) is 5. The van der Waals surface area contributed by atoms with Gasteiger partial charge in [0.15, 0.2) is 0 Å². The molecule has 4 aromatic rings. The lowest BCUT2D eigenvalue weighted by molar-refractivity contribution is -0.142. The van der Waals surface area contributed by atoms with Gasteiger partial charge in [-0.05, 0) is 59.2 Å². The second-order valence-electron chi connectivity index (χ2n) is 8.97. The van der Waals surface area contributed by atoms with Crippen molar-refractivity contribution in [2.45, 2.75) is 19.0 Å². The van der Waals surface area contributed by atoms with Gasteiger partial charge in [-0.2, -0.15) is 0 Å². The van der Waals surface area contributed by atoms with Crippen LogP contribution in [0, 0.1) is 0 Å². The van der Waals surface area contributed by atoms with E-state index < -0.39 is 12.0 Å². The van der Waals surface area contributed by atoms with Crippen molar-refractivity contribution in [3.8, 4) is 11.5 Å². The minimum Gasteiger partial charge on any atom is -0.467 e. The number of nitrogens with one attached hydrogen (secondary N) is 2. The van der Waals surface area contributed by atoms with E-state index in [1.165, 1.54) is 13.2 Å². The Labute approximate surface area is 233 Å². The standard InChI is InChI=1S/C33H30N2O5/c1-39-33(38)30(22-24-9-4-2-5-10-24)35-32(37)27-18-15-26(16-19-27)23-34-31(36)20-17-25-11-8-14-29(21-25)40-28-12-6-3-7-13-28/h2-21,30H,22-23H2,1H3,(H,34,36)(H,35,37)/b20-17+/t30-/m0/s1. The van der Waals surface area contributed by atoms with E-state index in [2.05, 4.69) is 10.6 Å². The minimum atomic E-state index is -0.809. The predicted molar refractivity (Wildman–Crippen MR) is 154 cm³/mol. The summed E-state index contributed by atoms with van der Waals surface area (Å²) in [6.07, 6.45) is 3.50. The molecule has 2 N–H and O–H groups in total. The first-order valence-electron chi connectivity index (χ1n) is 12.8. The molecular formula is C33H30N2O5. The van der Waals surface area contributed by atoms with Crippen LogP contribution < -0.4 is 15.4 Å². The van der Waals surface area contributed by atoms with E-state index >= 15 is 0 Å². The zero-order valence-corrected chi connectivity index (χ0v) is 22.1. The third-order valence-electron chi connectivity index (χ3n) is 6.02. The van der Waals surface area contributed by atoms with Crippen molar-refractivity contribution in [1.29, 1.82) is 0 Å².